The van der Waals surface area contributed by atoms with E-state index in [1.807, 2.05) is 48.7 Å². The number of fused-ring (bicyclic) bond motifs is 4. The van der Waals surface area contributed by atoms with Gasteiger partial charge in [0.25, 0.3) is 0 Å². The van der Waals surface area contributed by atoms with Crippen molar-refractivity contribution in [1.29, 1.82) is 5.26 Å². The summed E-state index contributed by atoms with van der Waals surface area (Å²) in [6.45, 7) is 15.3. The second-order valence-electron chi connectivity index (χ2n) is 15.1. The molecule has 0 spiro atoms. The standard InChI is InChI=1S/C45H38N5O.Pt/c1-44(2,3)31-21-22-47-43(25-31)50-39-12-8-7-11-37(39)38-20-19-35(27-42(38)50)51-36-24-32(45(4,5)6)23-34(26-36)49-29-48(40-13-9-10-14-41(40)49)33-17-15-30(28-46)16-18-33;/h7-25,29H,1-6H3;/q-3;. The molecule has 0 fully saturated rings. The Balaban J connectivity index is 0.00000420. The molecule has 0 amide bonds. The Kier molecular flexibility index (Phi) is 8.97. The summed E-state index contributed by atoms with van der Waals surface area (Å²) >= 11 is 0. The van der Waals surface area contributed by atoms with Crippen molar-refractivity contribution in [3.8, 4) is 23.4 Å². The summed E-state index contributed by atoms with van der Waals surface area (Å²) < 4.78 is 8.86. The van der Waals surface area contributed by atoms with E-state index in [0.717, 1.165) is 55.9 Å². The zero-order chi connectivity index (χ0) is 35.5. The van der Waals surface area contributed by atoms with Gasteiger partial charge in [0.2, 0.25) is 0 Å². The van der Waals surface area contributed by atoms with Crippen LogP contribution in [0.25, 0.3) is 27.6 Å². The molecule has 7 heteroatoms. The average Bonchev–Trinajstić information content (AvgIpc) is 3.67. The van der Waals surface area contributed by atoms with Gasteiger partial charge in [0.05, 0.1) is 11.6 Å². The number of hydrogen-bond acceptors (Lipinski definition) is 5. The van der Waals surface area contributed by atoms with Gasteiger partial charge in [-0.05, 0) is 76.4 Å². The molecule has 1 aliphatic heterocycles. The van der Waals surface area contributed by atoms with Gasteiger partial charge in [0.15, 0.2) is 0 Å². The molecule has 5 aromatic carbocycles. The molecule has 7 aromatic rings. The molecular weight excluding hydrogens is 822 g/mol. The Morgan fingerprint density at radius 1 is 0.692 bits per heavy atom. The van der Waals surface area contributed by atoms with E-state index in [0.29, 0.717) is 17.1 Å². The van der Waals surface area contributed by atoms with Gasteiger partial charge in [0, 0.05) is 61.3 Å². The Morgan fingerprint density at radius 2 is 1.38 bits per heavy atom. The number of anilines is 4. The summed E-state index contributed by atoms with van der Waals surface area (Å²) in [4.78, 5) is 9.11. The molecule has 0 N–H and O–H groups in total. The van der Waals surface area contributed by atoms with Crippen LogP contribution in [-0.2, 0) is 31.9 Å². The smallest absolute Gasteiger partial charge is 0.135 e. The Bertz CT molecular complexity index is 2480. The summed E-state index contributed by atoms with van der Waals surface area (Å²) in [5, 5.41) is 11.6. The van der Waals surface area contributed by atoms with Crippen molar-refractivity contribution in [2.24, 2.45) is 0 Å². The quantitative estimate of drug-likeness (QED) is 0.161. The van der Waals surface area contributed by atoms with Crippen LogP contribution < -0.4 is 14.5 Å². The van der Waals surface area contributed by atoms with E-state index in [1.54, 1.807) is 0 Å². The minimum atomic E-state index is -0.155. The van der Waals surface area contributed by atoms with E-state index in [9.17, 15) is 5.26 Å². The predicted molar refractivity (Wildman–Crippen MR) is 206 cm³/mol. The fraction of sp³-hybridized carbons (Fsp3) is 0.178. The van der Waals surface area contributed by atoms with Gasteiger partial charge in [-0.15, -0.1) is 53.6 Å². The number of rotatable bonds is 5. The number of benzene rings is 5. The maximum Gasteiger partial charge on any atom is 0.135 e. The largest absolute Gasteiger partial charge is 0.509 e. The van der Waals surface area contributed by atoms with Gasteiger partial charge >= 0.3 is 0 Å². The molecule has 0 unspecified atom stereocenters. The molecule has 0 aliphatic carbocycles. The first-order valence-electron chi connectivity index (χ1n) is 17.2. The SMILES string of the molecule is CC(C)(C)c1cc(Oc2[c-]c3c(cc2)c2ccccc2n3-c2cc(C(C)(C)C)ccn2)[c-]c(N2[CH-]N(c3ccc(C#N)cc3)c3ccccc32)c1.[Pt]. The maximum absolute atomic E-state index is 9.35. The molecule has 2 aromatic heterocycles. The first-order valence-corrected chi connectivity index (χ1v) is 17.2. The summed E-state index contributed by atoms with van der Waals surface area (Å²) in [7, 11) is 0. The zero-order valence-corrected chi connectivity index (χ0v) is 32.3. The molecule has 0 atom stereocenters. The van der Waals surface area contributed by atoms with Crippen LogP contribution in [0.2, 0.25) is 0 Å². The van der Waals surface area contributed by atoms with E-state index in [1.165, 1.54) is 5.56 Å². The monoisotopic (exact) mass is 859 g/mol. The predicted octanol–water partition coefficient (Wildman–Crippen LogP) is 11.4. The van der Waals surface area contributed by atoms with Gasteiger partial charge in [-0.1, -0.05) is 77.4 Å². The van der Waals surface area contributed by atoms with Gasteiger partial charge < -0.3 is 19.1 Å². The van der Waals surface area contributed by atoms with Crippen LogP contribution in [-0.4, -0.2) is 9.55 Å². The number of para-hydroxylation sites is 3. The van der Waals surface area contributed by atoms with Crippen molar-refractivity contribution in [2.75, 3.05) is 9.80 Å². The number of hydrogen-bond donors (Lipinski definition) is 0. The molecule has 0 bridgehead atoms. The summed E-state index contributed by atoms with van der Waals surface area (Å²) in [6, 6.07) is 46.4. The van der Waals surface area contributed by atoms with Crippen molar-refractivity contribution in [2.45, 2.75) is 52.4 Å². The van der Waals surface area contributed by atoms with Gasteiger partial charge in [0.1, 0.15) is 5.82 Å². The van der Waals surface area contributed by atoms with Crippen LogP contribution in [0.5, 0.6) is 11.5 Å². The third-order valence-electron chi connectivity index (χ3n) is 9.48. The first kappa shape index (κ1) is 35.0. The molecule has 0 saturated heterocycles. The van der Waals surface area contributed by atoms with Gasteiger partial charge in [-0.25, -0.2) is 4.98 Å². The molecule has 8 rings (SSSR count). The van der Waals surface area contributed by atoms with Crippen molar-refractivity contribution in [3.05, 3.63) is 151 Å². The number of nitrogens with zero attached hydrogens (tertiary/aromatic N) is 5. The first-order chi connectivity index (χ1) is 24.5. The fourth-order valence-electron chi connectivity index (χ4n) is 6.65. The van der Waals surface area contributed by atoms with Gasteiger partial charge in [-0.3, -0.25) is 0 Å². The summed E-state index contributed by atoms with van der Waals surface area (Å²) in [6.07, 6.45) is 1.89. The van der Waals surface area contributed by atoms with Crippen LogP contribution in [0.3, 0.4) is 0 Å². The van der Waals surface area contributed by atoms with Crippen LogP contribution in [0.4, 0.5) is 22.7 Å². The van der Waals surface area contributed by atoms with Crippen molar-refractivity contribution in [3.63, 3.8) is 0 Å². The normalized spacial score (nSPS) is 12.9. The number of nitriles is 1. The third kappa shape index (κ3) is 6.35. The molecule has 0 radical (unpaired) electrons. The van der Waals surface area contributed by atoms with Crippen LogP contribution in [0.1, 0.15) is 58.2 Å². The van der Waals surface area contributed by atoms with Crippen molar-refractivity contribution in [1.82, 2.24) is 9.55 Å². The van der Waals surface area contributed by atoms with E-state index >= 15 is 0 Å². The Morgan fingerprint density at radius 3 is 2.10 bits per heavy atom. The van der Waals surface area contributed by atoms with E-state index in [-0.39, 0.29) is 31.9 Å². The van der Waals surface area contributed by atoms with Crippen molar-refractivity contribution >= 4 is 44.6 Å². The molecule has 262 valence electrons. The number of aromatic nitrogens is 2. The molecular formula is C45H38N5OPt-3. The number of pyridine rings is 1. The molecule has 6 nitrogen and oxygen atoms in total. The van der Waals surface area contributed by atoms with Crippen LogP contribution in [0.15, 0.2) is 115 Å². The Labute approximate surface area is 320 Å². The molecule has 52 heavy (non-hydrogen) atoms. The second-order valence-corrected chi connectivity index (χ2v) is 15.1. The maximum atomic E-state index is 9.35. The topological polar surface area (TPSA) is 57.3 Å². The fourth-order valence-corrected chi connectivity index (χ4v) is 6.65. The van der Waals surface area contributed by atoms with E-state index in [4.69, 9.17) is 9.72 Å². The van der Waals surface area contributed by atoms with Crippen molar-refractivity contribution < 1.29 is 25.8 Å². The van der Waals surface area contributed by atoms with E-state index < -0.39 is 0 Å². The summed E-state index contributed by atoms with van der Waals surface area (Å²) in [5.41, 5.74) is 8.64. The average molecular weight is 860 g/mol. The zero-order valence-electron chi connectivity index (χ0n) is 30.0. The van der Waals surface area contributed by atoms with Gasteiger partial charge in [-0.2, -0.15) is 11.3 Å². The van der Waals surface area contributed by atoms with E-state index in [2.05, 4.69) is 148 Å². The third-order valence-corrected chi connectivity index (χ3v) is 9.48. The molecule has 1 aliphatic rings. The molecule has 3 heterocycles. The molecule has 0 saturated carbocycles. The minimum absolute atomic E-state index is 0. The summed E-state index contributed by atoms with van der Waals surface area (Å²) in [5.74, 6) is 2.05. The Hall–Kier alpha value is -5.37. The van der Waals surface area contributed by atoms with Crippen LogP contribution in [0, 0.1) is 30.1 Å². The van der Waals surface area contributed by atoms with Crippen LogP contribution >= 0.6 is 0 Å². The second kappa shape index (κ2) is 13.3. The number of ether oxygens (including phenoxy) is 1. The minimum Gasteiger partial charge on any atom is -0.509 e.